The molecule has 0 bridgehead atoms. The molecule has 176 valence electrons. The number of nitrogens with zero attached hydrogens (tertiary/aromatic N) is 2. The van der Waals surface area contributed by atoms with E-state index in [0.717, 1.165) is 8.96 Å². The van der Waals surface area contributed by atoms with Crippen molar-refractivity contribution in [3.8, 4) is 0 Å². The van der Waals surface area contributed by atoms with Gasteiger partial charge in [-0.25, -0.2) is 9.59 Å². The van der Waals surface area contributed by atoms with Gasteiger partial charge < -0.3 is 14.3 Å². The van der Waals surface area contributed by atoms with Gasteiger partial charge in [0.15, 0.2) is 5.71 Å². The van der Waals surface area contributed by atoms with Crippen LogP contribution in [0, 0.1) is 3.57 Å². The molecule has 1 aliphatic rings. The molecule has 0 fully saturated rings. The Morgan fingerprint density at radius 3 is 2.47 bits per heavy atom. The van der Waals surface area contributed by atoms with Crippen molar-refractivity contribution in [3.05, 3.63) is 69.4 Å². The summed E-state index contributed by atoms with van der Waals surface area (Å²) in [5, 5.41) is 4.64. The highest BCUT2D eigenvalue weighted by molar-refractivity contribution is 14.1. The van der Waals surface area contributed by atoms with Gasteiger partial charge in [-0.15, -0.1) is 0 Å². The summed E-state index contributed by atoms with van der Waals surface area (Å²) in [5.74, 6) is -1.45. The van der Waals surface area contributed by atoms with Gasteiger partial charge >= 0.3 is 11.9 Å². The Kier molecular flexibility index (Phi) is 7.01. The van der Waals surface area contributed by atoms with Crippen molar-refractivity contribution in [3.63, 3.8) is 0 Å². The topological polar surface area (TPSA) is 96.2 Å². The van der Waals surface area contributed by atoms with Crippen molar-refractivity contribution in [1.29, 1.82) is 0 Å². The van der Waals surface area contributed by atoms with E-state index >= 15 is 0 Å². The lowest BCUT2D eigenvalue weighted by Crippen LogP contribution is -2.43. The molecule has 1 aromatic heterocycles. The third-order valence-electron chi connectivity index (χ3n) is 5.52. The lowest BCUT2D eigenvalue weighted by Gasteiger charge is -2.23. The second-order valence-corrected chi connectivity index (χ2v) is 9.02. The third kappa shape index (κ3) is 4.56. The van der Waals surface area contributed by atoms with Crippen LogP contribution in [0.25, 0.3) is 10.9 Å². The van der Waals surface area contributed by atoms with Gasteiger partial charge in [0.1, 0.15) is 0 Å². The first-order valence-electron chi connectivity index (χ1n) is 10.9. The number of oxime groups is 1. The molecule has 2 aromatic carbocycles. The molecule has 1 aliphatic heterocycles. The zero-order chi connectivity index (χ0) is 24.3. The number of ether oxygens (including phenoxy) is 2. The van der Waals surface area contributed by atoms with E-state index in [0.29, 0.717) is 16.6 Å². The number of hydrogen-bond donors (Lipinski definition) is 0. The molecule has 1 atom stereocenters. The van der Waals surface area contributed by atoms with Gasteiger partial charge in [0.05, 0.1) is 25.2 Å². The SMILES string of the molecule is CCOC(=O)C1=NO[C@@](Cc2cn(C(=O)c3ccc(I)cc3)c3ccccc23)(C(=O)OCC)C1. The van der Waals surface area contributed by atoms with Gasteiger partial charge in [-0.2, -0.15) is 0 Å². The fourth-order valence-corrected chi connectivity index (χ4v) is 4.30. The third-order valence-corrected chi connectivity index (χ3v) is 6.24. The first kappa shape index (κ1) is 23.9. The van der Waals surface area contributed by atoms with E-state index in [2.05, 4.69) is 27.7 Å². The molecule has 0 unspecified atom stereocenters. The van der Waals surface area contributed by atoms with Crippen LogP contribution in [0.15, 0.2) is 59.9 Å². The second-order valence-electron chi connectivity index (χ2n) is 7.77. The number of carbonyl (C=O) groups is 3. The summed E-state index contributed by atoms with van der Waals surface area (Å²) in [6, 6.07) is 14.7. The minimum atomic E-state index is -1.53. The van der Waals surface area contributed by atoms with E-state index < -0.39 is 17.5 Å². The van der Waals surface area contributed by atoms with E-state index in [1.54, 1.807) is 36.7 Å². The average molecular weight is 574 g/mol. The molecule has 0 amide bonds. The van der Waals surface area contributed by atoms with Crippen LogP contribution in [0.3, 0.4) is 0 Å². The molecule has 0 spiro atoms. The molecule has 0 saturated carbocycles. The number of benzene rings is 2. The molecule has 4 rings (SSSR count). The highest BCUT2D eigenvalue weighted by Gasteiger charge is 2.50. The molecular formula is C25H23IN2O6. The molecule has 0 radical (unpaired) electrons. The van der Waals surface area contributed by atoms with Crippen molar-refractivity contribution >= 4 is 57.1 Å². The maximum Gasteiger partial charge on any atom is 0.356 e. The van der Waals surface area contributed by atoms with Gasteiger partial charge in [0.25, 0.3) is 5.91 Å². The highest BCUT2D eigenvalue weighted by Crippen LogP contribution is 2.34. The predicted molar refractivity (Wildman–Crippen MR) is 134 cm³/mol. The maximum atomic E-state index is 13.3. The maximum absolute atomic E-state index is 13.3. The van der Waals surface area contributed by atoms with Crippen LogP contribution in [0.4, 0.5) is 0 Å². The molecule has 9 heteroatoms. The molecule has 34 heavy (non-hydrogen) atoms. The van der Waals surface area contributed by atoms with Gasteiger partial charge in [-0.05, 0) is 72.3 Å². The fourth-order valence-electron chi connectivity index (χ4n) is 3.94. The van der Waals surface area contributed by atoms with E-state index in [4.69, 9.17) is 14.3 Å². The van der Waals surface area contributed by atoms with E-state index in [1.807, 2.05) is 36.4 Å². The quantitative estimate of drug-likeness (QED) is 0.311. The largest absolute Gasteiger partial charge is 0.463 e. The van der Waals surface area contributed by atoms with Crippen LogP contribution in [0.1, 0.15) is 36.2 Å². The Balaban J connectivity index is 1.72. The number of fused-ring (bicyclic) bond motifs is 1. The van der Waals surface area contributed by atoms with Gasteiger partial charge in [0, 0.05) is 27.1 Å². The van der Waals surface area contributed by atoms with Crippen molar-refractivity contribution in [2.45, 2.75) is 32.3 Å². The van der Waals surface area contributed by atoms with Crippen molar-refractivity contribution in [1.82, 2.24) is 4.57 Å². The lowest BCUT2D eigenvalue weighted by molar-refractivity contribution is -0.168. The standard InChI is InChI=1S/C25H23IN2O6/c1-3-32-23(30)20-14-25(34-27-20,24(31)33-4-2)13-17-15-28(21-8-6-5-7-19(17)21)22(29)16-9-11-18(26)12-10-16/h5-12,15H,3-4,13-14H2,1-2H3/t25-/m1/s1. The zero-order valence-corrected chi connectivity index (χ0v) is 20.9. The normalized spacial score (nSPS) is 17.2. The Morgan fingerprint density at radius 2 is 1.76 bits per heavy atom. The van der Waals surface area contributed by atoms with Gasteiger partial charge in [0.2, 0.25) is 5.60 Å². The van der Waals surface area contributed by atoms with Crippen molar-refractivity contribution in [2.75, 3.05) is 13.2 Å². The highest BCUT2D eigenvalue weighted by atomic mass is 127. The number of hydrogen-bond acceptors (Lipinski definition) is 7. The Labute approximate surface area is 210 Å². The number of carbonyl (C=O) groups excluding carboxylic acids is 3. The molecule has 8 nitrogen and oxygen atoms in total. The Hall–Kier alpha value is -3.21. The van der Waals surface area contributed by atoms with Crippen LogP contribution in [0.5, 0.6) is 0 Å². The summed E-state index contributed by atoms with van der Waals surface area (Å²) in [6.07, 6.45) is 1.68. The van der Waals surface area contributed by atoms with Crippen LogP contribution in [0.2, 0.25) is 0 Å². The number of rotatable bonds is 7. The summed E-state index contributed by atoms with van der Waals surface area (Å²) < 4.78 is 12.9. The summed E-state index contributed by atoms with van der Waals surface area (Å²) in [4.78, 5) is 44.1. The van der Waals surface area contributed by atoms with Crippen LogP contribution in [-0.4, -0.2) is 46.9 Å². The smallest absolute Gasteiger partial charge is 0.356 e. The number of aromatic nitrogens is 1. The van der Waals surface area contributed by atoms with E-state index in [1.165, 1.54) is 0 Å². The summed E-state index contributed by atoms with van der Waals surface area (Å²) in [5.41, 5.74) is 0.429. The predicted octanol–water partition coefficient (Wildman–Crippen LogP) is 4.12. The van der Waals surface area contributed by atoms with Crippen LogP contribution >= 0.6 is 22.6 Å². The minimum Gasteiger partial charge on any atom is -0.463 e. The molecule has 0 N–H and O–H groups in total. The number of para-hydroxylation sites is 1. The van der Waals surface area contributed by atoms with Gasteiger partial charge in [-0.1, -0.05) is 23.4 Å². The molecule has 2 heterocycles. The minimum absolute atomic E-state index is 0.0219. The summed E-state index contributed by atoms with van der Waals surface area (Å²) >= 11 is 2.19. The molecular weight excluding hydrogens is 551 g/mol. The first-order valence-corrected chi connectivity index (χ1v) is 11.9. The van der Waals surface area contributed by atoms with E-state index in [9.17, 15) is 14.4 Å². The first-order chi connectivity index (χ1) is 16.4. The summed E-state index contributed by atoms with van der Waals surface area (Å²) in [7, 11) is 0. The second kappa shape index (κ2) is 9.96. The van der Waals surface area contributed by atoms with Gasteiger partial charge in [-0.3, -0.25) is 9.36 Å². The van der Waals surface area contributed by atoms with E-state index in [-0.39, 0.29) is 37.7 Å². The van der Waals surface area contributed by atoms with Crippen molar-refractivity contribution < 1.29 is 28.7 Å². The van der Waals surface area contributed by atoms with Crippen LogP contribution < -0.4 is 0 Å². The number of halogens is 1. The fraction of sp³-hybridized carbons (Fsp3) is 0.280. The Bertz CT molecular complexity index is 1280. The van der Waals surface area contributed by atoms with Crippen LogP contribution in [-0.2, 0) is 30.3 Å². The number of esters is 2. The molecule has 0 saturated heterocycles. The monoisotopic (exact) mass is 574 g/mol. The average Bonchev–Trinajstić information content (AvgIpc) is 3.43. The zero-order valence-electron chi connectivity index (χ0n) is 18.7. The molecule has 3 aromatic rings. The molecule has 0 aliphatic carbocycles. The lowest BCUT2D eigenvalue weighted by atomic mass is 9.89. The Morgan fingerprint density at radius 1 is 1.06 bits per heavy atom. The van der Waals surface area contributed by atoms with Crippen molar-refractivity contribution in [2.24, 2.45) is 5.16 Å². The summed E-state index contributed by atoms with van der Waals surface area (Å²) in [6.45, 7) is 3.70.